The van der Waals surface area contributed by atoms with Crippen molar-refractivity contribution in [2.75, 3.05) is 19.7 Å². The number of esters is 1. The maximum atomic E-state index is 12.3. The first kappa shape index (κ1) is 14.8. The lowest BCUT2D eigenvalue weighted by Gasteiger charge is -2.43. The van der Waals surface area contributed by atoms with E-state index in [2.05, 4.69) is 21.2 Å². The van der Waals surface area contributed by atoms with Gasteiger partial charge in [0.05, 0.1) is 6.61 Å². The van der Waals surface area contributed by atoms with Crippen LogP contribution in [0.1, 0.15) is 31.4 Å². The predicted molar refractivity (Wildman–Crippen MR) is 80.1 cm³/mol. The number of ether oxygens (including phenoxy) is 3. The predicted octanol–water partition coefficient (Wildman–Crippen LogP) is 2.54. The molecule has 21 heavy (non-hydrogen) atoms. The van der Waals surface area contributed by atoms with Crippen LogP contribution in [0.15, 0.2) is 22.7 Å². The molecule has 1 fully saturated rings. The zero-order chi connectivity index (χ0) is 14.9. The summed E-state index contributed by atoms with van der Waals surface area (Å²) in [6.45, 7) is 3.74. The highest BCUT2D eigenvalue weighted by atomic mass is 79.9. The Hall–Kier alpha value is -1.11. The quantitative estimate of drug-likeness (QED) is 0.826. The van der Waals surface area contributed by atoms with Crippen molar-refractivity contribution in [2.45, 2.75) is 31.7 Å². The molecule has 5 nitrogen and oxygen atoms in total. The van der Waals surface area contributed by atoms with Gasteiger partial charge in [-0.2, -0.15) is 0 Å². The van der Waals surface area contributed by atoms with Crippen molar-refractivity contribution in [1.82, 2.24) is 5.32 Å². The lowest BCUT2D eigenvalue weighted by molar-refractivity contribution is -0.246. The van der Waals surface area contributed by atoms with E-state index in [0.29, 0.717) is 30.8 Å². The monoisotopic (exact) mass is 355 g/mol. The van der Waals surface area contributed by atoms with E-state index in [9.17, 15) is 4.79 Å². The second kappa shape index (κ2) is 5.94. The van der Waals surface area contributed by atoms with E-state index in [1.807, 2.05) is 18.2 Å². The average molecular weight is 356 g/mol. The number of fused-ring (bicyclic) bond motifs is 1. The van der Waals surface area contributed by atoms with Crippen LogP contribution in [-0.4, -0.2) is 31.5 Å². The Bertz CT molecular complexity index is 542. The van der Waals surface area contributed by atoms with Crippen molar-refractivity contribution in [2.24, 2.45) is 0 Å². The zero-order valence-corrected chi connectivity index (χ0v) is 13.4. The Morgan fingerprint density at radius 1 is 1.48 bits per heavy atom. The van der Waals surface area contributed by atoms with Crippen molar-refractivity contribution >= 4 is 21.9 Å². The summed E-state index contributed by atoms with van der Waals surface area (Å²) in [5.74, 6) is -0.397. The molecule has 1 saturated heterocycles. The Morgan fingerprint density at radius 2 is 2.24 bits per heavy atom. The van der Waals surface area contributed by atoms with Gasteiger partial charge in [-0.05, 0) is 25.1 Å². The van der Waals surface area contributed by atoms with Gasteiger partial charge >= 0.3 is 5.97 Å². The summed E-state index contributed by atoms with van der Waals surface area (Å²) in [6, 6.07) is 5.63. The van der Waals surface area contributed by atoms with Gasteiger partial charge < -0.3 is 19.5 Å². The molecule has 1 spiro atoms. The third kappa shape index (κ3) is 2.93. The van der Waals surface area contributed by atoms with Gasteiger partial charge in [-0.15, -0.1) is 0 Å². The Labute approximate surface area is 132 Å². The molecule has 1 atom stereocenters. The van der Waals surface area contributed by atoms with Crippen LogP contribution < -0.4 is 10.1 Å². The molecular weight excluding hydrogens is 338 g/mol. The molecule has 1 aromatic rings. The Balaban J connectivity index is 1.97. The number of benzene rings is 1. The fourth-order valence-corrected chi connectivity index (χ4v) is 3.12. The zero-order valence-electron chi connectivity index (χ0n) is 11.9. The standard InChI is InChI=1S/C15H18BrNO4/c1-2-19-14(18)13-11-9-10(16)3-4-12(11)20-15(21-13)5-7-17-8-6-15/h3-4,9,13,17H,2,5-8H2,1H3/t13-/m1/s1. The van der Waals surface area contributed by atoms with E-state index >= 15 is 0 Å². The molecule has 6 heteroatoms. The summed E-state index contributed by atoms with van der Waals surface area (Å²) in [5.41, 5.74) is 0.715. The highest BCUT2D eigenvalue weighted by Gasteiger charge is 2.45. The number of rotatable bonds is 2. The van der Waals surface area contributed by atoms with Crippen molar-refractivity contribution < 1.29 is 19.0 Å². The van der Waals surface area contributed by atoms with Crippen molar-refractivity contribution in [3.63, 3.8) is 0 Å². The van der Waals surface area contributed by atoms with Gasteiger partial charge in [0.1, 0.15) is 5.75 Å². The first-order chi connectivity index (χ1) is 10.1. The number of piperidine rings is 1. The van der Waals surface area contributed by atoms with E-state index in [0.717, 1.165) is 17.6 Å². The number of carbonyl (C=O) groups excluding carboxylic acids is 1. The molecule has 0 unspecified atom stereocenters. The molecule has 0 radical (unpaired) electrons. The molecule has 2 aliphatic heterocycles. The molecule has 0 amide bonds. The maximum absolute atomic E-state index is 12.3. The van der Waals surface area contributed by atoms with Gasteiger partial charge in [0.15, 0.2) is 6.10 Å². The van der Waals surface area contributed by atoms with Crippen LogP contribution >= 0.6 is 15.9 Å². The van der Waals surface area contributed by atoms with Crippen LogP contribution in [0.25, 0.3) is 0 Å². The molecule has 0 bridgehead atoms. The summed E-state index contributed by atoms with van der Waals surface area (Å²) >= 11 is 3.42. The lowest BCUT2D eigenvalue weighted by atomic mass is 9.99. The van der Waals surface area contributed by atoms with Crippen LogP contribution in [0, 0.1) is 0 Å². The summed E-state index contributed by atoms with van der Waals surface area (Å²) < 4.78 is 18.2. The molecule has 1 N–H and O–H groups in total. The molecule has 3 rings (SSSR count). The second-order valence-electron chi connectivity index (χ2n) is 5.19. The van der Waals surface area contributed by atoms with Crippen LogP contribution in [0.4, 0.5) is 0 Å². The minimum atomic E-state index is -0.733. The summed E-state index contributed by atoms with van der Waals surface area (Å²) in [4.78, 5) is 12.3. The van der Waals surface area contributed by atoms with E-state index in [1.165, 1.54) is 0 Å². The Kier molecular flexibility index (Phi) is 4.19. The maximum Gasteiger partial charge on any atom is 0.340 e. The van der Waals surface area contributed by atoms with Gasteiger partial charge in [0, 0.05) is 36.0 Å². The molecule has 114 valence electrons. The number of hydrogen-bond acceptors (Lipinski definition) is 5. The number of carbonyl (C=O) groups is 1. The van der Waals surface area contributed by atoms with Gasteiger partial charge in [0.2, 0.25) is 5.79 Å². The third-order valence-corrected chi connectivity index (χ3v) is 4.24. The second-order valence-corrected chi connectivity index (χ2v) is 6.11. The molecule has 0 aliphatic carbocycles. The van der Waals surface area contributed by atoms with Crippen LogP contribution in [0.3, 0.4) is 0 Å². The lowest BCUT2D eigenvalue weighted by Crippen LogP contribution is -2.52. The van der Waals surface area contributed by atoms with Crippen LogP contribution in [0.5, 0.6) is 5.75 Å². The summed E-state index contributed by atoms with van der Waals surface area (Å²) in [6.07, 6.45) is 0.681. The van der Waals surface area contributed by atoms with Crippen LogP contribution in [-0.2, 0) is 14.3 Å². The molecule has 2 heterocycles. The first-order valence-corrected chi connectivity index (χ1v) is 7.96. The van der Waals surface area contributed by atoms with Crippen molar-refractivity contribution in [1.29, 1.82) is 0 Å². The van der Waals surface area contributed by atoms with Crippen molar-refractivity contribution in [3.05, 3.63) is 28.2 Å². The van der Waals surface area contributed by atoms with Crippen LogP contribution in [0.2, 0.25) is 0 Å². The van der Waals surface area contributed by atoms with Gasteiger partial charge in [-0.25, -0.2) is 4.79 Å². The molecule has 0 saturated carbocycles. The van der Waals surface area contributed by atoms with E-state index in [-0.39, 0.29) is 5.97 Å². The van der Waals surface area contributed by atoms with Gasteiger partial charge in [0.25, 0.3) is 0 Å². The molecule has 1 aromatic carbocycles. The minimum Gasteiger partial charge on any atom is -0.464 e. The summed E-state index contributed by atoms with van der Waals surface area (Å²) in [7, 11) is 0. The molecular formula is C15H18BrNO4. The largest absolute Gasteiger partial charge is 0.464 e. The SMILES string of the molecule is CCOC(=O)[C@@H]1OC2(CCNCC2)Oc2ccc(Br)cc21. The number of halogens is 1. The first-order valence-electron chi connectivity index (χ1n) is 7.17. The fourth-order valence-electron chi connectivity index (χ4n) is 2.74. The normalized spacial score (nSPS) is 23.2. The number of nitrogens with one attached hydrogen (secondary N) is 1. The van der Waals surface area contributed by atoms with Gasteiger partial charge in [-0.1, -0.05) is 15.9 Å². The Morgan fingerprint density at radius 3 is 2.95 bits per heavy atom. The van der Waals surface area contributed by atoms with E-state index in [4.69, 9.17) is 14.2 Å². The third-order valence-electron chi connectivity index (χ3n) is 3.75. The van der Waals surface area contributed by atoms with E-state index < -0.39 is 11.9 Å². The van der Waals surface area contributed by atoms with Crippen molar-refractivity contribution in [3.8, 4) is 5.75 Å². The topological polar surface area (TPSA) is 56.8 Å². The van der Waals surface area contributed by atoms with Gasteiger partial charge in [-0.3, -0.25) is 0 Å². The fraction of sp³-hybridized carbons (Fsp3) is 0.533. The smallest absolute Gasteiger partial charge is 0.340 e. The minimum absolute atomic E-state index is 0.331. The van der Waals surface area contributed by atoms with E-state index in [1.54, 1.807) is 6.92 Å². The summed E-state index contributed by atoms with van der Waals surface area (Å²) in [5, 5.41) is 3.27. The number of hydrogen-bond donors (Lipinski definition) is 1. The highest BCUT2D eigenvalue weighted by Crippen LogP contribution is 2.43. The molecule has 0 aromatic heterocycles. The molecule has 2 aliphatic rings. The highest BCUT2D eigenvalue weighted by molar-refractivity contribution is 9.10. The average Bonchev–Trinajstić information content (AvgIpc) is 2.48.